The predicted octanol–water partition coefficient (Wildman–Crippen LogP) is 0.776. The molecule has 5 heteroatoms. The van der Waals surface area contributed by atoms with Gasteiger partial charge in [-0.15, -0.1) is 0 Å². The monoisotopic (exact) mass is 235 g/mol. The maximum absolute atomic E-state index is 11.5. The van der Waals surface area contributed by atoms with Crippen molar-refractivity contribution in [3.8, 4) is 5.75 Å². The first-order valence-corrected chi connectivity index (χ1v) is 4.88. The summed E-state index contributed by atoms with van der Waals surface area (Å²) in [4.78, 5) is 22.2. The van der Waals surface area contributed by atoms with Crippen LogP contribution < -0.4 is 5.73 Å². The van der Waals surface area contributed by atoms with Crippen LogP contribution in [0.3, 0.4) is 0 Å². The van der Waals surface area contributed by atoms with Crippen molar-refractivity contribution >= 4 is 17.8 Å². The number of rotatable bonds is 4. The molecule has 17 heavy (non-hydrogen) atoms. The topological polar surface area (TPSA) is 101 Å². The van der Waals surface area contributed by atoms with Crippen molar-refractivity contribution in [1.82, 2.24) is 0 Å². The van der Waals surface area contributed by atoms with Crippen molar-refractivity contribution in [2.75, 3.05) is 0 Å². The third kappa shape index (κ3) is 3.15. The Morgan fingerprint density at radius 2 is 1.82 bits per heavy atom. The Morgan fingerprint density at radius 1 is 1.29 bits per heavy atom. The molecular weight excluding hydrogens is 222 g/mol. The molecule has 1 atom stereocenters. The molecule has 4 N–H and O–H groups in total. The number of benzene rings is 1. The van der Waals surface area contributed by atoms with Gasteiger partial charge in [0, 0.05) is 0 Å². The molecule has 0 fully saturated rings. The van der Waals surface area contributed by atoms with Crippen molar-refractivity contribution in [2.24, 2.45) is 5.73 Å². The van der Waals surface area contributed by atoms with Gasteiger partial charge in [0.05, 0.1) is 0 Å². The van der Waals surface area contributed by atoms with E-state index in [0.717, 1.165) is 13.0 Å². The van der Waals surface area contributed by atoms with Gasteiger partial charge in [0.15, 0.2) is 11.3 Å². The van der Waals surface area contributed by atoms with Crippen molar-refractivity contribution < 1.29 is 19.8 Å². The fourth-order valence-corrected chi connectivity index (χ4v) is 1.04. The molecule has 1 aromatic carbocycles. The van der Waals surface area contributed by atoms with Gasteiger partial charge in [0.25, 0.3) is 0 Å². The first-order chi connectivity index (χ1) is 7.84. The van der Waals surface area contributed by atoms with E-state index in [1.807, 2.05) is 0 Å². The summed E-state index contributed by atoms with van der Waals surface area (Å²) in [5.41, 5.74) is 4.09. The first kappa shape index (κ1) is 12.9. The first-order valence-electron chi connectivity index (χ1n) is 4.88. The van der Waals surface area contributed by atoms with Crippen LogP contribution in [0.15, 0.2) is 30.3 Å². The zero-order chi connectivity index (χ0) is 13.1. The van der Waals surface area contributed by atoms with E-state index >= 15 is 0 Å². The maximum atomic E-state index is 11.5. The molecule has 0 aliphatic rings. The number of aromatic hydroxyl groups is 1. The van der Waals surface area contributed by atoms with Crippen LogP contribution in [0.2, 0.25) is 0 Å². The van der Waals surface area contributed by atoms with Crippen LogP contribution in [0.25, 0.3) is 6.08 Å². The van der Waals surface area contributed by atoms with Gasteiger partial charge in [-0.2, -0.15) is 0 Å². The number of carboxylic acid groups (broad SMARTS) is 1. The van der Waals surface area contributed by atoms with Gasteiger partial charge in [-0.1, -0.05) is 18.2 Å². The molecule has 0 bridgehead atoms. The fraction of sp³-hybridized carbons (Fsp3) is 0.167. The summed E-state index contributed by atoms with van der Waals surface area (Å²) in [5, 5.41) is 17.8. The van der Waals surface area contributed by atoms with E-state index in [1.54, 1.807) is 12.1 Å². The Hall–Kier alpha value is -2.14. The largest absolute Gasteiger partial charge is 0.508 e. The third-order valence-electron chi connectivity index (χ3n) is 2.28. The van der Waals surface area contributed by atoms with Crippen molar-refractivity contribution in [3.05, 3.63) is 35.9 Å². The molecule has 90 valence electrons. The van der Waals surface area contributed by atoms with Gasteiger partial charge in [-0.25, -0.2) is 4.79 Å². The van der Waals surface area contributed by atoms with Crippen molar-refractivity contribution in [3.63, 3.8) is 0 Å². The Morgan fingerprint density at radius 3 is 2.29 bits per heavy atom. The smallest absolute Gasteiger partial charge is 0.331 e. The van der Waals surface area contributed by atoms with Crippen molar-refractivity contribution in [1.29, 1.82) is 0 Å². The van der Waals surface area contributed by atoms with E-state index in [-0.39, 0.29) is 5.75 Å². The number of phenolic OH excluding ortho intramolecular Hbond substituents is 1. The van der Waals surface area contributed by atoms with Crippen molar-refractivity contribution in [2.45, 2.75) is 12.5 Å². The second-order valence-electron chi connectivity index (χ2n) is 3.80. The summed E-state index contributed by atoms with van der Waals surface area (Å²) < 4.78 is 0. The van der Waals surface area contributed by atoms with Crippen LogP contribution in [0.1, 0.15) is 12.5 Å². The van der Waals surface area contributed by atoms with Gasteiger partial charge >= 0.3 is 5.97 Å². The highest BCUT2D eigenvalue weighted by atomic mass is 16.4. The minimum Gasteiger partial charge on any atom is -0.508 e. The Bertz CT molecular complexity index is 460. The van der Waals surface area contributed by atoms with Crippen LogP contribution in [-0.2, 0) is 9.59 Å². The van der Waals surface area contributed by atoms with E-state index < -0.39 is 17.3 Å². The summed E-state index contributed by atoms with van der Waals surface area (Å²) in [6.45, 7) is 1.14. The summed E-state index contributed by atoms with van der Waals surface area (Å²) in [5.74, 6) is -1.96. The Labute approximate surface area is 98.2 Å². The van der Waals surface area contributed by atoms with Crippen LogP contribution in [0, 0.1) is 0 Å². The van der Waals surface area contributed by atoms with Gasteiger partial charge in [0.1, 0.15) is 5.75 Å². The number of carbonyl (C=O) groups excluding carboxylic acids is 1. The van der Waals surface area contributed by atoms with Crippen LogP contribution >= 0.6 is 0 Å². The number of hydrogen-bond acceptors (Lipinski definition) is 4. The molecule has 0 aliphatic carbocycles. The van der Waals surface area contributed by atoms with Crippen LogP contribution in [0.4, 0.5) is 0 Å². The van der Waals surface area contributed by atoms with E-state index in [4.69, 9.17) is 15.9 Å². The maximum Gasteiger partial charge on any atom is 0.331 e. The number of aliphatic carboxylic acids is 1. The predicted molar refractivity (Wildman–Crippen MR) is 62.4 cm³/mol. The molecule has 0 aliphatic heterocycles. The summed E-state index contributed by atoms with van der Waals surface area (Å²) in [7, 11) is 0. The molecule has 0 spiro atoms. The molecule has 0 radical (unpaired) electrons. The van der Waals surface area contributed by atoms with E-state index in [0.29, 0.717) is 5.56 Å². The number of carboxylic acids is 1. The Balaban J connectivity index is 2.82. The lowest BCUT2D eigenvalue weighted by Crippen LogP contribution is -2.51. The van der Waals surface area contributed by atoms with E-state index in [1.165, 1.54) is 18.2 Å². The molecule has 0 saturated heterocycles. The zero-order valence-electron chi connectivity index (χ0n) is 9.25. The normalized spacial score (nSPS) is 14.5. The van der Waals surface area contributed by atoms with Crippen LogP contribution in [0.5, 0.6) is 5.75 Å². The average molecular weight is 235 g/mol. The summed E-state index contributed by atoms with van der Waals surface area (Å²) in [6.07, 6.45) is 2.55. The molecule has 0 heterocycles. The van der Waals surface area contributed by atoms with Gasteiger partial charge in [0.2, 0.25) is 0 Å². The highest BCUT2D eigenvalue weighted by Crippen LogP contribution is 2.11. The molecule has 0 aromatic heterocycles. The molecule has 1 aromatic rings. The fourth-order valence-electron chi connectivity index (χ4n) is 1.04. The lowest BCUT2D eigenvalue weighted by molar-refractivity contribution is -0.146. The summed E-state index contributed by atoms with van der Waals surface area (Å²) >= 11 is 0. The quantitative estimate of drug-likeness (QED) is 0.528. The number of phenols is 1. The van der Waals surface area contributed by atoms with E-state index in [9.17, 15) is 9.59 Å². The number of nitrogens with two attached hydrogens (primary N) is 1. The minimum absolute atomic E-state index is 0.114. The lowest BCUT2D eigenvalue weighted by Gasteiger charge is -2.14. The highest BCUT2D eigenvalue weighted by molar-refractivity contribution is 6.13. The average Bonchev–Trinajstić information content (AvgIpc) is 2.27. The number of ketones is 1. The van der Waals surface area contributed by atoms with E-state index in [2.05, 4.69) is 0 Å². The molecular formula is C12H13NO4. The van der Waals surface area contributed by atoms with Gasteiger partial charge < -0.3 is 15.9 Å². The highest BCUT2D eigenvalue weighted by Gasteiger charge is 2.34. The second-order valence-corrected chi connectivity index (χ2v) is 3.80. The molecule has 1 rings (SSSR count). The Kier molecular flexibility index (Phi) is 3.65. The number of hydrogen-bond donors (Lipinski definition) is 3. The molecule has 5 nitrogen and oxygen atoms in total. The third-order valence-corrected chi connectivity index (χ3v) is 2.28. The summed E-state index contributed by atoms with van der Waals surface area (Å²) in [6, 6.07) is 6.10. The molecule has 0 saturated carbocycles. The second kappa shape index (κ2) is 4.80. The lowest BCUT2D eigenvalue weighted by atomic mass is 9.97. The minimum atomic E-state index is -1.92. The van der Waals surface area contributed by atoms with Gasteiger partial charge in [-0.05, 0) is 30.7 Å². The van der Waals surface area contributed by atoms with Crippen LogP contribution in [-0.4, -0.2) is 27.5 Å². The standard InChI is InChI=1S/C12H13NO4/c1-12(13,11(16)17)10(15)7-4-8-2-5-9(14)6-3-8/h2-7,14H,13H2,1H3,(H,16,17)/b7-4+. The zero-order valence-corrected chi connectivity index (χ0v) is 9.25. The molecule has 0 amide bonds. The molecule has 1 unspecified atom stereocenters. The number of carbonyl (C=O) groups is 2. The van der Waals surface area contributed by atoms with Gasteiger partial charge in [-0.3, -0.25) is 4.79 Å². The SMILES string of the molecule is CC(N)(C(=O)O)C(=O)/C=C/c1ccc(O)cc1.